The number of rotatable bonds is 3. The van der Waals surface area contributed by atoms with Crippen molar-refractivity contribution in [2.45, 2.75) is 83.9 Å². The first kappa shape index (κ1) is 21.1. The third kappa shape index (κ3) is 3.30. The molecule has 0 aliphatic heterocycles. The van der Waals surface area contributed by atoms with E-state index < -0.39 is 30.1 Å². The largest absolute Gasteiger partial charge is 0.450 e. The van der Waals surface area contributed by atoms with Crippen LogP contribution in [0.4, 0.5) is 13.2 Å². The predicted molar refractivity (Wildman–Crippen MR) is 102 cm³/mol. The molecule has 0 spiro atoms. The van der Waals surface area contributed by atoms with Crippen molar-refractivity contribution in [3.05, 3.63) is 11.6 Å². The molecule has 0 heterocycles. The molecule has 0 aromatic rings. The zero-order valence-electron chi connectivity index (χ0n) is 17.2. The maximum absolute atomic E-state index is 12.7. The summed E-state index contributed by atoms with van der Waals surface area (Å²) < 4.78 is 37.9. The molecule has 29 heavy (non-hydrogen) atoms. The summed E-state index contributed by atoms with van der Waals surface area (Å²) in [6.07, 6.45) is 2.86. The van der Waals surface area contributed by atoms with Crippen molar-refractivity contribution >= 4 is 11.6 Å². The molecule has 0 unspecified atom stereocenters. The van der Waals surface area contributed by atoms with Crippen LogP contribution in [-0.4, -0.2) is 29.0 Å². The molecule has 4 aliphatic carbocycles. The van der Waals surface area contributed by atoms with E-state index in [1.165, 1.54) is 5.57 Å². The van der Waals surface area contributed by atoms with Gasteiger partial charge in [-0.3, -0.25) is 9.59 Å². The van der Waals surface area contributed by atoms with Crippen molar-refractivity contribution in [2.75, 3.05) is 0 Å². The van der Waals surface area contributed by atoms with Gasteiger partial charge in [-0.1, -0.05) is 25.5 Å². The maximum atomic E-state index is 12.7. The van der Waals surface area contributed by atoms with Crippen LogP contribution in [0, 0.1) is 34.5 Å². The number of aliphatic hydroxyl groups excluding tert-OH is 1. The van der Waals surface area contributed by atoms with Gasteiger partial charge in [-0.05, 0) is 80.0 Å². The van der Waals surface area contributed by atoms with Crippen LogP contribution >= 0.6 is 0 Å². The van der Waals surface area contributed by atoms with Crippen LogP contribution in [0.25, 0.3) is 0 Å². The van der Waals surface area contributed by atoms with Gasteiger partial charge in [0.05, 0.1) is 12.5 Å². The lowest BCUT2D eigenvalue weighted by molar-refractivity contribution is -0.172. The fourth-order valence-corrected chi connectivity index (χ4v) is 7.55. The summed E-state index contributed by atoms with van der Waals surface area (Å²) in [6, 6.07) is 0. The van der Waals surface area contributed by atoms with Gasteiger partial charge in [0.1, 0.15) is 5.78 Å². The summed E-state index contributed by atoms with van der Waals surface area (Å²) in [4.78, 5) is 24.1. The van der Waals surface area contributed by atoms with Crippen molar-refractivity contribution in [3.8, 4) is 0 Å². The number of carbonyl (C=O) groups excluding carboxylic acids is 2. The topological polar surface area (TPSA) is 54.4 Å². The van der Waals surface area contributed by atoms with E-state index in [0.717, 1.165) is 44.9 Å². The van der Waals surface area contributed by atoms with Gasteiger partial charge < -0.3 is 5.11 Å². The fourth-order valence-electron chi connectivity index (χ4n) is 7.55. The van der Waals surface area contributed by atoms with Gasteiger partial charge in [-0.25, -0.2) is 0 Å². The van der Waals surface area contributed by atoms with E-state index in [2.05, 4.69) is 19.9 Å². The summed E-state index contributed by atoms with van der Waals surface area (Å²) in [5.74, 6) is -1.60. The number of carbonyl (C=O) groups is 2. The van der Waals surface area contributed by atoms with Crippen molar-refractivity contribution < 1.29 is 27.9 Å². The highest BCUT2D eigenvalue weighted by atomic mass is 19.4. The molecule has 0 aromatic heterocycles. The molecule has 0 saturated heterocycles. The summed E-state index contributed by atoms with van der Waals surface area (Å²) in [5, 5.41) is 10.1. The van der Waals surface area contributed by atoms with Crippen LogP contribution in [0.3, 0.4) is 0 Å². The predicted octanol–water partition coefficient (Wildman–Crippen LogP) is 5.02. The molecule has 6 heteroatoms. The summed E-state index contributed by atoms with van der Waals surface area (Å²) in [7, 11) is 0. The van der Waals surface area contributed by atoms with Crippen molar-refractivity contribution in [2.24, 2.45) is 34.5 Å². The lowest BCUT2D eigenvalue weighted by Gasteiger charge is -2.58. The molecule has 3 nitrogen and oxygen atoms in total. The number of halogens is 3. The summed E-state index contributed by atoms with van der Waals surface area (Å²) >= 11 is 0. The smallest absolute Gasteiger partial charge is 0.393 e. The second kappa shape index (κ2) is 6.93. The van der Waals surface area contributed by atoms with Crippen LogP contribution in [0.2, 0.25) is 0 Å². The van der Waals surface area contributed by atoms with Gasteiger partial charge >= 0.3 is 6.18 Å². The highest BCUT2D eigenvalue weighted by Gasteiger charge is 2.60. The first-order chi connectivity index (χ1) is 13.5. The maximum Gasteiger partial charge on any atom is 0.450 e. The third-order valence-corrected chi connectivity index (χ3v) is 9.12. The van der Waals surface area contributed by atoms with E-state index in [9.17, 15) is 27.9 Å². The van der Waals surface area contributed by atoms with Crippen LogP contribution in [0.15, 0.2) is 11.6 Å². The Balaban J connectivity index is 1.54. The monoisotopic (exact) mass is 412 g/mol. The van der Waals surface area contributed by atoms with Gasteiger partial charge in [0.2, 0.25) is 5.78 Å². The van der Waals surface area contributed by atoms with Crippen LogP contribution in [0.5, 0.6) is 0 Å². The molecule has 4 rings (SSSR count). The first-order valence-corrected chi connectivity index (χ1v) is 11.0. The highest BCUT2D eigenvalue weighted by molar-refractivity contribution is 6.02. The van der Waals surface area contributed by atoms with Gasteiger partial charge in [-0.15, -0.1) is 0 Å². The van der Waals surface area contributed by atoms with Crippen molar-refractivity contribution in [3.63, 3.8) is 0 Å². The first-order valence-electron chi connectivity index (χ1n) is 11.0. The molecular weight excluding hydrogens is 381 g/mol. The number of fused-ring (bicyclic) bond motifs is 5. The average molecular weight is 412 g/mol. The molecule has 3 saturated carbocycles. The lowest BCUT2D eigenvalue weighted by atomic mass is 9.47. The third-order valence-electron chi connectivity index (χ3n) is 9.12. The summed E-state index contributed by atoms with van der Waals surface area (Å²) in [5.41, 5.74) is 1.17. The van der Waals surface area contributed by atoms with E-state index in [-0.39, 0.29) is 16.9 Å². The number of Topliss-reactive ketones (excluding diaryl/α,β-unsaturated/α-hetero) is 2. The standard InChI is InChI=1S/C23H31F3O3/c1-21-9-7-14(27)11-13(21)3-4-15-16-5-6-18(22(16,2)10-8-17(15)21)19(28)12-20(29)23(24,25)26/h3,14-18,27H,4-12H2,1-2H3/t14-,15-,16-,17-,18+,21-,22-/m0/s1. The van der Waals surface area contributed by atoms with Crippen LogP contribution in [0.1, 0.15) is 71.6 Å². The number of aliphatic hydroxyl groups is 1. The molecule has 7 atom stereocenters. The second-order valence-electron chi connectivity index (χ2n) is 10.4. The Hall–Kier alpha value is -1.17. The Morgan fingerprint density at radius 1 is 1.10 bits per heavy atom. The second-order valence-corrected chi connectivity index (χ2v) is 10.4. The average Bonchev–Trinajstić information content (AvgIpc) is 2.98. The van der Waals surface area contributed by atoms with Gasteiger partial charge in [0.15, 0.2) is 0 Å². The molecule has 0 radical (unpaired) electrons. The number of ketones is 2. The van der Waals surface area contributed by atoms with E-state index in [4.69, 9.17) is 0 Å². The number of alkyl halides is 3. The SMILES string of the molecule is C[C@]12CC[C@H]3[C@@H](CC=C4C[C@@H](O)CC[C@@]43C)[C@@H]1CC[C@@H]2C(=O)CC(=O)C(F)(F)F. The highest BCUT2D eigenvalue weighted by Crippen LogP contribution is 2.66. The minimum atomic E-state index is -4.93. The van der Waals surface area contributed by atoms with E-state index in [1.807, 2.05) is 0 Å². The fraction of sp³-hybridized carbons (Fsp3) is 0.826. The Kier molecular flexibility index (Phi) is 5.04. The normalized spacial score (nSPS) is 44.3. The van der Waals surface area contributed by atoms with E-state index >= 15 is 0 Å². The molecule has 0 bridgehead atoms. The Bertz CT molecular complexity index is 742. The zero-order chi connectivity index (χ0) is 21.2. The molecule has 3 fully saturated rings. The van der Waals surface area contributed by atoms with Gasteiger partial charge in [0, 0.05) is 5.92 Å². The quantitative estimate of drug-likeness (QED) is 0.523. The Labute approximate surface area is 170 Å². The zero-order valence-corrected chi connectivity index (χ0v) is 17.2. The minimum Gasteiger partial charge on any atom is -0.393 e. The van der Waals surface area contributed by atoms with E-state index in [1.54, 1.807) is 0 Å². The molecule has 0 amide bonds. The van der Waals surface area contributed by atoms with Gasteiger partial charge in [-0.2, -0.15) is 13.2 Å². The van der Waals surface area contributed by atoms with E-state index in [0.29, 0.717) is 24.2 Å². The molecular formula is C23H31F3O3. The summed E-state index contributed by atoms with van der Waals surface area (Å²) in [6.45, 7) is 4.40. The van der Waals surface area contributed by atoms with Crippen molar-refractivity contribution in [1.82, 2.24) is 0 Å². The van der Waals surface area contributed by atoms with Crippen LogP contribution in [-0.2, 0) is 9.59 Å². The molecule has 4 aliphatic rings. The number of hydrogen-bond acceptors (Lipinski definition) is 3. The molecule has 1 N–H and O–H groups in total. The van der Waals surface area contributed by atoms with Crippen molar-refractivity contribution in [1.29, 1.82) is 0 Å². The number of hydrogen-bond donors (Lipinski definition) is 1. The van der Waals surface area contributed by atoms with Gasteiger partial charge in [0.25, 0.3) is 0 Å². The molecule has 0 aromatic carbocycles. The lowest BCUT2D eigenvalue weighted by Crippen LogP contribution is -2.51. The Morgan fingerprint density at radius 2 is 1.83 bits per heavy atom. The van der Waals surface area contributed by atoms with Crippen LogP contribution < -0.4 is 0 Å². The molecule has 162 valence electrons. The Morgan fingerprint density at radius 3 is 2.52 bits per heavy atom. The number of allylic oxidation sites excluding steroid dienone is 1. The minimum absolute atomic E-state index is 0.0951.